The first-order chi connectivity index (χ1) is 8.68. The Balaban J connectivity index is 2.52. The van der Waals surface area contributed by atoms with E-state index in [1.54, 1.807) is 18.2 Å². The average Bonchev–Trinajstić information content (AvgIpc) is 2.65. The largest absolute Gasteiger partial charge is 0.421 e. The number of halogens is 6. The molecule has 1 nitrogen and oxygen atoms in total. The first kappa shape index (κ1) is 13.9. The molecule has 0 N–H and O–H groups in total. The normalized spacial score (nSPS) is 12.7. The maximum Gasteiger partial charge on any atom is 0.421 e. The predicted molar refractivity (Wildman–Crippen MR) is 59.7 cm³/mol. The molecule has 0 bridgehead atoms. The van der Waals surface area contributed by atoms with E-state index in [4.69, 9.17) is 0 Å². The van der Waals surface area contributed by atoms with Crippen molar-refractivity contribution in [1.29, 1.82) is 0 Å². The monoisotopic (exact) mass is 297 g/mol. The zero-order chi connectivity index (χ0) is 14.3. The van der Waals surface area contributed by atoms with Crippen LogP contribution in [0.3, 0.4) is 0 Å². The average molecular weight is 297 g/mol. The van der Waals surface area contributed by atoms with E-state index in [0.717, 1.165) is 11.3 Å². The van der Waals surface area contributed by atoms with Crippen LogP contribution in [0.1, 0.15) is 5.01 Å². The molecule has 2 aromatic rings. The van der Waals surface area contributed by atoms with Crippen LogP contribution in [0.15, 0.2) is 29.8 Å². The van der Waals surface area contributed by atoms with Gasteiger partial charge in [0.15, 0.2) is 0 Å². The molecule has 8 heteroatoms. The maximum atomic E-state index is 12.3. The van der Waals surface area contributed by atoms with Crippen molar-refractivity contribution in [3.63, 3.8) is 0 Å². The van der Waals surface area contributed by atoms with Crippen molar-refractivity contribution in [3.8, 4) is 0 Å². The number of hydrogen-bond acceptors (Lipinski definition) is 2. The van der Waals surface area contributed by atoms with Gasteiger partial charge in [-0.2, -0.15) is 26.3 Å². The number of hydrogen-bond donors (Lipinski definition) is 0. The van der Waals surface area contributed by atoms with Crippen LogP contribution in [-0.4, -0.2) is 17.3 Å². The van der Waals surface area contributed by atoms with Crippen molar-refractivity contribution < 1.29 is 26.3 Å². The minimum absolute atomic E-state index is 0.0324. The summed E-state index contributed by atoms with van der Waals surface area (Å²) in [5.41, 5.74) is -2.19. The topological polar surface area (TPSA) is 12.9 Å². The number of nitrogens with zero attached hydrogens (tertiary/aromatic N) is 1. The first-order valence-corrected chi connectivity index (χ1v) is 5.71. The van der Waals surface area contributed by atoms with Gasteiger partial charge >= 0.3 is 12.4 Å². The number of thiazole rings is 1. The smallest absolute Gasteiger partial charge is 0.237 e. The van der Waals surface area contributed by atoms with Crippen LogP contribution in [0, 0.1) is 0 Å². The van der Waals surface area contributed by atoms with E-state index in [1.165, 1.54) is 6.07 Å². The van der Waals surface area contributed by atoms with E-state index >= 15 is 0 Å². The van der Waals surface area contributed by atoms with Gasteiger partial charge in [0.25, 0.3) is 0 Å². The molecule has 0 saturated carbocycles. The summed E-state index contributed by atoms with van der Waals surface area (Å²) < 4.78 is 74.6. The summed E-state index contributed by atoms with van der Waals surface area (Å²) in [5.74, 6) is 0. The van der Waals surface area contributed by atoms with Crippen molar-refractivity contribution in [3.05, 3.63) is 34.8 Å². The van der Waals surface area contributed by atoms with Crippen LogP contribution in [0.5, 0.6) is 0 Å². The third-order valence-electron chi connectivity index (χ3n) is 2.19. The molecule has 0 saturated heterocycles. The summed E-state index contributed by atoms with van der Waals surface area (Å²) in [7, 11) is 0. The van der Waals surface area contributed by atoms with Gasteiger partial charge in [0.05, 0.1) is 10.2 Å². The van der Waals surface area contributed by atoms with E-state index in [0.29, 0.717) is 10.2 Å². The van der Waals surface area contributed by atoms with Crippen LogP contribution in [0.2, 0.25) is 0 Å². The molecule has 0 unspecified atom stereocenters. The number of fused-ring (bicyclic) bond motifs is 1. The highest BCUT2D eigenvalue weighted by atomic mass is 32.1. The van der Waals surface area contributed by atoms with Crippen molar-refractivity contribution in [2.75, 3.05) is 0 Å². The third-order valence-corrected chi connectivity index (χ3v) is 3.17. The van der Waals surface area contributed by atoms with E-state index < -0.39 is 17.9 Å². The van der Waals surface area contributed by atoms with Crippen LogP contribution in [-0.2, 0) is 0 Å². The van der Waals surface area contributed by atoms with Crippen LogP contribution < -0.4 is 0 Å². The highest BCUT2D eigenvalue weighted by Crippen LogP contribution is 2.40. The van der Waals surface area contributed by atoms with Gasteiger partial charge in [-0.25, -0.2) is 4.98 Å². The van der Waals surface area contributed by atoms with Gasteiger partial charge in [-0.3, -0.25) is 0 Å². The standard InChI is InChI=1S/C11H5F6NS/c12-10(13,14)8(11(15,16)17)5-9-18-6-3-1-2-4-7(6)19-9/h1-5H. The molecule has 0 aliphatic carbocycles. The van der Waals surface area contributed by atoms with Gasteiger partial charge in [-0.15, -0.1) is 11.3 Å². The molecule has 19 heavy (non-hydrogen) atoms. The van der Waals surface area contributed by atoms with Crippen molar-refractivity contribution in [2.45, 2.75) is 12.4 Å². The number of allylic oxidation sites excluding steroid dienone is 1. The lowest BCUT2D eigenvalue weighted by Crippen LogP contribution is -2.25. The number of alkyl halides is 6. The minimum atomic E-state index is -5.46. The molecule has 1 heterocycles. The zero-order valence-corrected chi connectivity index (χ0v) is 9.83. The minimum Gasteiger partial charge on any atom is -0.237 e. The Labute approximate surface area is 107 Å². The number of para-hydroxylation sites is 1. The summed E-state index contributed by atoms with van der Waals surface area (Å²) in [4.78, 5) is 3.72. The predicted octanol–water partition coefficient (Wildman–Crippen LogP) is 4.80. The quantitative estimate of drug-likeness (QED) is 0.689. The summed E-state index contributed by atoms with van der Waals surface area (Å²) in [6, 6.07) is 6.32. The SMILES string of the molecule is FC(F)(F)C(=Cc1nc2ccccc2s1)C(F)(F)F. The molecule has 102 valence electrons. The van der Waals surface area contributed by atoms with Crippen molar-refractivity contribution in [2.24, 2.45) is 0 Å². The summed E-state index contributed by atoms with van der Waals surface area (Å²) in [5, 5.41) is -0.328. The fourth-order valence-corrected chi connectivity index (χ4v) is 2.31. The van der Waals surface area contributed by atoms with E-state index in [1.807, 2.05) is 0 Å². The Hall–Kier alpha value is -1.57. The molecule has 0 aliphatic heterocycles. The molecule has 1 aromatic carbocycles. The Morgan fingerprint density at radius 3 is 2.11 bits per heavy atom. The van der Waals surface area contributed by atoms with Crippen LogP contribution in [0.25, 0.3) is 16.3 Å². The second-order valence-electron chi connectivity index (χ2n) is 3.57. The molecular formula is C11H5F6NS. The lowest BCUT2D eigenvalue weighted by molar-refractivity contribution is -0.170. The summed E-state index contributed by atoms with van der Waals surface area (Å²) in [6.07, 6.45) is -10.9. The fourth-order valence-electron chi connectivity index (χ4n) is 1.40. The molecule has 0 fully saturated rings. The second kappa shape index (κ2) is 4.52. The molecular weight excluding hydrogens is 292 g/mol. The lowest BCUT2D eigenvalue weighted by Gasteiger charge is -2.14. The molecule has 0 radical (unpaired) electrons. The fraction of sp³-hybridized carbons (Fsp3) is 0.182. The van der Waals surface area contributed by atoms with E-state index in [9.17, 15) is 26.3 Å². The highest BCUT2D eigenvalue weighted by molar-refractivity contribution is 7.19. The molecule has 0 spiro atoms. The number of aromatic nitrogens is 1. The van der Waals surface area contributed by atoms with Crippen LogP contribution >= 0.6 is 11.3 Å². The summed E-state index contributed by atoms with van der Waals surface area (Å²) in [6.45, 7) is 0. The third kappa shape index (κ3) is 3.06. The van der Waals surface area contributed by atoms with E-state index in [2.05, 4.69) is 4.98 Å². The highest BCUT2D eigenvalue weighted by Gasteiger charge is 2.50. The van der Waals surface area contributed by atoms with E-state index in [-0.39, 0.29) is 11.1 Å². The second-order valence-corrected chi connectivity index (χ2v) is 4.64. The Bertz CT molecular complexity index is 573. The molecule has 0 atom stereocenters. The lowest BCUT2D eigenvalue weighted by atomic mass is 10.2. The van der Waals surface area contributed by atoms with Gasteiger partial charge in [-0.1, -0.05) is 12.1 Å². The van der Waals surface area contributed by atoms with Gasteiger partial charge in [-0.05, 0) is 18.2 Å². The zero-order valence-electron chi connectivity index (χ0n) is 9.01. The van der Waals surface area contributed by atoms with Crippen molar-refractivity contribution >= 4 is 27.6 Å². The first-order valence-electron chi connectivity index (χ1n) is 4.89. The number of benzene rings is 1. The van der Waals surface area contributed by atoms with Gasteiger partial charge in [0.2, 0.25) is 0 Å². The van der Waals surface area contributed by atoms with Gasteiger partial charge < -0.3 is 0 Å². The maximum absolute atomic E-state index is 12.3. The Morgan fingerprint density at radius 2 is 1.58 bits per heavy atom. The Morgan fingerprint density at radius 1 is 1.00 bits per heavy atom. The molecule has 1 aromatic heterocycles. The van der Waals surface area contributed by atoms with Crippen molar-refractivity contribution in [1.82, 2.24) is 4.98 Å². The molecule has 0 aliphatic rings. The van der Waals surface area contributed by atoms with Crippen LogP contribution in [0.4, 0.5) is 26.3 Å². The molecule has 2 rings (SSSR count). The Kier molecular flexibility index (Phi) is 3.29. The molecule has 0 amide bonds. The summed E-state index contributed by atoms with van der Waals surface area (Å²) >= 11 is 0.770. The van der Waals surface area contributed by atoms with Gasteiger partial charge in [0.1, 0.15) is 10.6 Å². The van der Waals surface area contributed by atoms with Gasteiger partial charge in [0, 0.05) is 0 Å². The number of rotatable bonds is 1.